The second kappa shape index (κ2) is 9.55. The summed E-state index contributed by atoms with van der Waals surface area (Å²) in [5.74, 6) is 0.637. The molecule has 0 saturated carbocycles. The largest absolute Gasteiger partial charge is 0.490 e. The molecule has 26 heavy (non-hydrogen) atoms. The Morgan fingerprint density at radius 2 is 1.96 bits per heavy atom. The Bertz CT molecular complexity index is 732. The molecule has 2 aromatic rings. The highest BCUT2D eigenvalue weighted by Crippen LogP contribution is 2.17. The van der Waals surface area contributed by atoms with Gasteiger partial charge in [-0.05, 0) is 89.5 Å². The molecule has 0 radical (unpaired) electrons. The predicted molar refractivity (Wildman–Crippen MR) is 113 cm³/mol. The number of rotatable bonds is 6. The fourth-order valence-corrected chi connectivity index (χ4v) is 2.90. The van der Waals surface area contributed by atoms with Crippen molar-refractivity contribution in [2.24, 2.45) is 0 Å². The van der Waals surface area contributed by atoms with E-state index in [4.69, 9.17) is 9.47 Å². The highest BCUT2D eigenvalue weighted by atomic mass is 127. The van der Waals surface area contributed by atoms with Crippen molar-refractivity contribution in [1.29, 1.82) is 0 Å². The summed E-state index contributed by atoms with van der Waals surface area (Å²) in [5, 5.41) is 2.90. The molecule has 140 valence electrons. The zero-order valence-corrected chi connectivity index (χ0v) is 18.7. The molecule has 0 spiro atoms. The van der Waals surface area contributed by atoms with Crippen molar-refractivity contribution in [3.8, 4) is 5.75 Å². The molecule has 0 aliphatic carbocycles. The molecule has 7 heteroatoms. The minimum atomic E-state index is -0.549. The van der Waals surface area contributed by atoms with Gasteiger partial charge in [0, 0.05) is 14.2 Å². The van der Waals surface area contributed by atoms with Crippen LogP contribution in [0.15, 0.2) is 47.2 Å². The highest BCUT2D eigenvalue weighted by Gasteiger charge is 2.20. The zero-order valence-electron chi connectivity index (χ0n) is 15.0. The molecule has 2 rings (SSSR count). The van der Waals surface area contributed by atoms with Crippen LogP contribution in [0.25, 0.3) is 0 Å². The van der Waals surface area contributed by atoms with Crippen molar-refractivity contribution >= 4 is 44.6 Å². The van der Waals surface area contributed by atoms with Gasteiger partial charge in [0.2, 0.25) is 0 Å². The molecule has 0 saturated heterocycles. The number of nitrogens with zero attached hydrogens (tertiary/aromatic N) is 1. The van der Waals surface area contributed by atoms with Gasteiger partial charge in [-0.1, -0.05) is 12.1 Å². The van der Waals surface area contributed by atoms with Gasteiger partial charge in [0.25, 0.3) is 0 Å². The van der Waals surface area contributed by atoms with Gasteiger partial charge in [0.15, 0.2) is 0 Å². The van der Waals surface area contributed by atoms with E-state index in [1.165, 1.54) is 3.57 Å². The van der Waals surface area contributed by atoms with Gasteiger partial charge < -0.3 is 14.8 Å². The third-order valence-corrected chi connectivity index (χ3v) is 4.40. The van der Waals surface area contributed by atoms with Crippen LogP contribution in [0.1, 0.15) is 26.3 Å². The summed E-state index contributed by atoms with van der Waals surface area (Å²) in [6, 6.07) is 9.78. The molecule has 0 fully saturated rings. The van der Waals surface area contributed by atoms with Crippen molar-refractivity contribution in [3.05, 3.63) is 56.3 Å². The molecule has 1 heterocycles. The molecule has 5 nitrogen and oxygen atoms in total. The molecule has 0 aliphatic rings. The van der Waals surface area contributed by atoms with Gasteiger partial charge in [0.05, 0.1) is 12.2 Å². The summed E-state index contributed by atoms with van der Waals surface area (Å²) in [4.78, 5) is 16.2. The van der Waals surface area contributed by atoms with E-state index in [1.54, 1.807) is 12.4 Å². The van der Waals surface area contributed by atoms with Crippen LogP contribution in [0.5, 0.6) is 5.75 Å². The second-order valence-electron chi connectivity index (χ2n) is 6.82. The van der Waals surface area contributed by atoms with Crippen LogP contribution in [0.4, 0.5) is 4.79 Å². The zero-order chi connectivity index (χ0) is 19.2. The third kappa shape index (κ3) is 7.90. The van der Waals surface area contributed by atoms with Gasteiger partial charge in [0.1, 0.15) is 18.0 Å². The number of ether oxygens (including phenoxy) is 2. The van der Waals surface area contributed by atoms with E-state index < -0.39 is 11.7 Å². The van der Waals surface area contributed by atoms with E-state index in [-0.39, 0.29) is 6.04 Å². The predicted octanol–water partition coefficient (Wildman–Crippen LogP) is 4.96. The molecule has 1 amide bonds. The van der Waals surface area contributed by atoms with Crippen LogP contribution in [0.3, 0.4) is 0 Å². The van der Waals surface area contributed by atoms with Crippen molar-refractivity contribution in [1.82, 2.24) is 10.3 Å². The monoisotopic (exact) mass is 532 g/mol. The number of carbonyl (C=O) groups is 1. The molecular weight excluding hydrogens is 511 g/mol. The average Bonchev–Trinajstić information content (AvgIpc) is 2.53. The lowest BCUT2D eigenvalue weighted by molar-refractivity contribution is 0.0487. The lowest BCUT2D eigenvalue weighted by Gasteiger charge is -2.24. The molecule has 0 bridgehead atoms. The van der Waals surface area contributed by atoms with E-state index in [0.717, 1.165) is 10.0 Å². The Hall–Kier alpha value is -1.35. The van der Waals surface area contributed by atoms with Crippen LogP contribution >= 0.6 is 38.5 Å². The maximum atomic E-state index is 12.2. The summed E-state index contributed by atoms with van der Waals surface area (Å²) < 4.78 is 13.2. The maximum Gasteiger partial charge on any atom is 0.408 e. The Kier molecular flexibility index (Phi) is 7.69. The normalized spacial score (nSPS) is 12.3. The van der Waals surface area contributed by atoms with Crippen molar-refractivity contribution in [3.63, 3.8) is 0 Å². The lowest BCUT2D eigenvalue weighted by Crippen LogP contribution is -2.43. The first-order valence-electron chi connectivity index (χ1n) is 8.18. The number of hydrogen-bond acceptors (Lipinski definition) is 4. The summed E-state index contributed by atoms with van der Waals surface area (Å²) in [6.07, 6.45) is 3.51. The van der Waals surface area contributed by atoms with E-state index in [2.05, 4.69) is 48.8 Å². The first kappa shape index (κ1) is 21.0. The molecular formula is C19H22BrIN2O3. The van der Waals surface area contributed by atoms with E-state index in [0.29, 0.717) is 18.8 Å². The molecule has 1 N–H and O–H groups in total. The standard InChI is InChI=1S/C19H22BrIN2O3/c1-19(2,3)26-18(24)23-16(8-13-4-6-15(21)7-5-13)12-25-17-9-14(20)10-22-11-17/h4-7,9-11,16H,8,12H2,1-3H3,(H,23,24). The Labute approximate surface area is 176 Å². The van der Waals surface area contributed by atoms with Gasteiger partial charge in [-0.15, -0.1) is 0 Å². The minimum Gasteiger partial charge on any atom is -0.490 e. The van der Waals surface area contributed by atoms with Crippen LogP contribution in [-0.2, 0) is 11.2 Å². The van der Waals surface area contributed by atoms with Crippen LogP contribution in [0.2, 0.25) is 0 Å². The summed E-state index contributed by atoms with van der Waals surface area (Å²) in [7, 11) is 0. The van der Waals surface area contributed by atoms with Crippen molar-refractivity contribution in [2.75, 3.05) is 6.61 Å². The second-order valence-corrected chi connectivity index (χ2v) is 8.98. The smallest absolute Gasteiger partial charge is 0.408 e. The first-order chi connectivity index (χ1) is 12.2. The maximum absolute atomic E-state index is 12.2. The molecule has 1 aromatic heterocycles. The van der Waals surface area contributed by atoms with Crippen LogP contribution in [-0.4, -0.2) is 29.3 Å². The number of benzene rings is 1. The van der Waals surface area contributed by atoms with E-state index in [9.17, 15) is 4.79 Å². The lowest BCUT2D eigenvalue weighted by atomic mass is 10.1. The fraction of sp³-hybridized carbons (Fsp3) is 0.368. The quantitative estimate of drug-likeness (QED) is 0.534. The van der Waals surface area contributed by atoms with E-state index in [1.807, 2.05) is 51.1 Å². The Morgan fingerprint density at radius 1 is 1.27 bits per heavy atom. The van der Waals surface area contributed by atoms with Crippen molar-refractivity contribution < 1.29 is 14.3 Å². The third-order valence-electron chi connectivity index (χ3n) is 3.25. The minimum absolute atomic E-state index is 0.233. The number of nitrogens with one attached hydrogen (secondary N) is 1. The number of pyridine rings is 1. The van der Waals surface area contributed by atoms with Crippen molar-refractivity contribution in [2.45, 2.75) is 38.8 Å². The van der Waals surface area contributed by atoms with Crippen LogP contribution < -0.4 is 10.1 Å². The SMILES string of the molecule is CC(C)(C)OC(=O)NC(COc1cncc(Br)c1)Cc1ccc(I)cc1. The number of carbonyl (C=O) groups excluding carboxylic acids is 1. The summed E-state index contributed by atoms with van der Waals surface area (Å²) >= 11 is 5.64. The van der Waals surface area contributed by atoms with Gasteiger partial charge >= 0.3 is 6.09 Å². The Balaban J connectivity index is 2.04. The summed E-state index contributed by atoms with van der Waals surface area (Å²) in [5.41, 5.74) is 0.564. The average molecular weight is 533 g/mol. The van der Waals surface area contributed by atoms with Crippen LogP contribution in [0, 0.1) is 3.57 Å². The Morgan fingerprint density at radius 3 is 2.58 bits per heavy atom. The summed E-state index contributed by atoms with van der Waals surface area (Å²) in [6.45, 7) is 5.82. The van der Waals surface area contributed by atoms with Gasteiger partial charge in [-0.2, -0.15) is 0 Å². The number of amides is 1. The number of halogens is 2. The molecule has 1 unspecified atom stereocenters. The molecule has 1 atom stereocenters. The topological polar surface area (TPSA) is 60.5 Å². The van der Waals surface area contributed by atoms with E-state index >= 15 is 0 Å². The van der Waals surface area contributed by atoms with Gasteiger partial charge in [-0.3, -0.25) is 4.98 Å². The number of hydrogen-bond donors (Lipinski definition) is 1. The molecule has 0 aliphatic heterocycles. The van der Waals surface area contributed by atoms with Gasteiger partial charge in [-0.25, -0.2) is 4.79 Å². The highest BCUT2D eigenvalue weighted by molar-refractivity contribution is 14.1. The fourth-order valence-electron chi connectivity index (χ4n) is 2.20. The number of aromatic nitrogens is 1. The molecule has 1 aromatic carbocycles. The number of alkyl carbamates (subject to hydrolysis) is 1. The first-order valence-corrected chi connectivity index (χ1v) is 10.1.